The minimum atomic E-state index is -3.63. The molecule has 0 bridgehead atoms. The van der Waals surface area contributed by atoms with Gasteiger partial charge in [-0.15, -0.1) is 0 Å². The average Bonchev–Trinajstić information content (AvgIpc) is 2.68. The third-order valence-electron chi connectivity index (χ3n) is 4.51. The van der Waals surface area contributed by atoms with Gasteiger partial charge in [0.2, 0.25) is 15.9 Å². The van der Waals surface area contributed by atoms with E-state index in [2.05, 4.69) is 5.32 Å². The molecule has 1 fully saturated rings. The van der Waals surface area contributed by atoms with Crippen LogP contribution in [0.4, 0.5) is 5.69 Å². The van der Waals surface area contributed by atoms with Crippen LogP contribution in [-0.2, 0) is 19.6 Å². The van der Waals surface area contributed by atoms with E-state index >= 15 is 0 Å². The zero-order valence-corrected chi connectivity index (χ0v) is 16.8. The van der Waals surface area contributed by atoms with Crippen molar-refractivity contribution in [2.24, 2.45) is 0 Å². The van der Waals surface area contributed by atoms with Gasteiger partial charge in [-0.25, -0.2) is 8.42 Å². The number of nitrogens with one attached hydrogen (secondary N) is 1. The summed E-state index contributed by atoms with van der Waals surface area (Å²) in [5.74, 6) is -0.319. The zero-order valence-electron chi connectivity index (χ0n) is 16.0. The number of sulfonamides is 1. The van der Waals surface area contributed by atoms with E-state index in [1.54, 1.807) is 25.1 Å². The smallest absolute Gasteiger partial charge is 0.248 e. The van der Waals surface area contributed by atoms with Gasteiger partial charge in [0.25, 0.3) is 0 Å². The minimum Gasteiger partial charge on any atom is -0.379 e. The Hall–Kier alpha value is -2.48. The topological polar surface area (TPSA) is 75.7 Å². The van der Waals surface area contributed by atoms with Gasteiger partial charge >= 0.3 is 0 Å². The Bertz CT molecular complexity index is 993. The average molecular weight is 401 g/mol. The van der Waals surface area contributed by atoms with Crippen molar-refractivity contribution in [2.75, 3.05) is 31.6 Å². The van der Waals surface area contributed by atoms with Crippen molar-refractivity contribution in [3.63, 3.8) is 0 Å². The van der Waals surface area contributed by atoms with E-state index in [0.29, 0.717) is 37.6 Å². The van der Waals surface area contributed by atoms with Crippen molar-refractivity contribution in [1.29, 1.82) is 0 Å². The van der Waals surface area contributed by atoms with E-state index in [1.807, 2.05) is 31.2 Å². The number of ether oxygens (including phenoxy) is 1. The van der Waals surface area contributed by atoms with Crippen LogP contribution in [0.2, 0.25) is 0 Å². The van der Waals surface area contributed by atoms with E-state index in [0.717, 1.165) is 11.1 Å². The zero-order chi connectivity index (χ0) is 20.1. The molecule has 0 radical (unpaired) electrons. The van der Waals surface area contributed by atoms with E-state index in [1.165, 1.54) is 16.4 Å². The highest BCUT2D eigenvalue weighted by Crippen LogP contribution is 2.24. The standard InChI is InChI=1S/C21H24N2O4S/c1-16-4-3-5-18(14-16)7-9-21(24)22-19-8-6-17(2)20(15-19)28(25,26)23-10-12-27-13-11-23/h3-9,14-15H,10-13H2,1-2H3,(H,22,24)/b9-7+. The largest absolute Gasteiger partial charge is 0.379 e. The Morgan fingerprint density at radius 1 is 1.11 bits per heavy atom. The molecular formula is C21H24N2O4S. The molecule has 1 saturated heterocycles. The van der Waals surface area contributed by atoms with Crippen LogP contribution in [0.5, 0.6) is 0 Å². The molecular weight excluding hydrogens is 376 g/mol. The maximum Gasteiger partial charge on any atom is 0.248 e. The lowest BCUT2D eigenvalue weighted by Crippen LogP contribution is -2.40. The lowest BCUT2D eigenvalue weighted by atomic mass is 10.1. The molecule has 0 saturated carbocycles. The van der Waals surface area contributed by atoms with Gasteiger partial charge in [-0.3, -0.25) is 4.79 Å². The van der Waals surface area contributed by atoms with Crippen molar-refractivity contribution < 1.29 is 17.9 Å². The van der Waals surface area contributed by atoms with Crippen LogP contribution in [0.3, 0.4) is 0 Å². The first-order chi connectivity index (χ1) is 13.4. The minimum absolute atomic E-state index is 0.204. The number of aryl methyl sites for hydroxylation is 2. The van der Waals surface area contributed by atoms with E-state index in [-0.39, 0.29) is 10.8 Å². The Morgan fingerprint density at radius 2 is 1.86 bits per heavy atom. The van der Waals surface area contributed by atoms with Gasteiger partial charge in [0.15, 0.2) is 0 Å². The van der Waals surface area contributed by atoms with Crippen molar-refractivity contribution >= 4 is 27.7 Å². The van der Waals surface area contributed by atoms with Gasteiger partial charge in [0, 0.05) is 24.9 Å². The predicted molar refractivity (Wildman–Crippen MR) is 110 cm³/mol. The van der Waals surface area contributed by atoms with Crippen LogP contribution < -0.4 is 5.32 Å². The van der Waals surface area contributed by atoms with E-state index < -0.39 is 10.0 Å². The fourth-order valence-corrected chi connectivity index (χ4v) is 4.67. The van der Waals surface area contributed by atoms with E-state index in [4.69, 9.17) is 4.74 Å². The van der Waals surface area contributed by atoms with Crippen LogP contribution in [-0.4, -0.2) is 44.9 Å². The van der Waals surface area contributed by atoms with Gasteiger partial charge < -0.3 is 10.1 Å². The molecule has 0 unspecified atom stereocenters. The van der Waals surface area contributed by atoms with Crippen molar-refractivity contribution in [3.05, 3.63) is 65.2 Å². The second-order valence-corrected chi connectivity index (χ2v) is 8.64. The number of carbonyl (C=O) groups excluding carboxylic acids is 1. The highest BCUT2D eigenvalue weighted by atomic mass is 32.2. The molecule has 7 heteroatoms. The molecule has 2 aromatic rings. The molecule has 148 valence electrons. The molecule has 28 heavy (non-hydrogen) atoms. The van der Waals surface area contributed by atoms with Gasteiger partial charge in [0.05, 0.1) is 18.1 Å². The number of anilines is 1. The number of benzene rings is 2. The first kappa shape index (κ1) is 20.3. The van der Waals surface area contributed by atoms with Crippen LogP contribution >= 0.6 is 0 Å². The lowest BCUT2D eigenvalue weighted by Gasteiger charge is -2.26. The lowest BCUT2D eigenvalue weighted by molar-refractivity contribution is -0.111. The molecule has 0 aliphatic carbocycles. The molecule has 1 heterocycles. The summed E-state index contributed by atoms with van der Waals surface area (Å²) in [6, 6.07) is 12.7. The highest BCUT2D eigenvalue weighted by molar-refractivity contribution is 7.89. The number of nitrogens with zero attached hydrogens (tertiary/aromatic N) is 1. The number of morpholine rings is 1. The third kappa shape index (κ3) is 4.86. The number of hydrogen-bond donors (Lipinski definition) is 1. The summed E-state index contributed by atoms with van der Waals surface area (Å²) in [6.07, 6.45) is 3.16. The van der Waals surface area contributed by atoms with Gasteiger partial charge in [-0.05, 0) is 43.2 Å². The Morgan fingerprint density at radius 3 is 2.57 bits per heavy atom. The summed E-state index contributed by atoms with van der Waals surface area (Å²) < 4.78 is 32.5. The molecule has 0 spiro atoms. The molecule has 1 N–H and O–H groups in total. The molecule has 2 aromatic carbocycles. The third-order valence-corrected chi connectivity index (χ3v) is 6.55. The van der Waals surface area contributed by atoms with Crippen molar-refractivity contribution in [1.82, 2.24) is 4.31 Å². The fourth-order valence-electron chi connectivity index (χ4n) is 3.01. The van der Waals surface area contributed by atoms with Gasteiger partial charge in [-0.2, -0.15) is 4.31 Å². The number of carbonyl (C=O) groups is 1. The normalized spacial score (nSPS) is 15.6. The fraction of sp³-hybridized carbons (Fsp3) is 0.286. The molecule has 1 aliphatic heterocycles. The maximum absolute atomic E-state index is 12.9. The second kappa shape index (κ2) is 8.68. The Labute approximate surface area is 165 Å². The monoisotopic (exact) mass is 400 g/mol. The SMILES string of the molecule is Cc1cccc(/C=C/C(=O)Nc2ccc(C)c(S(=O)(=O)N3CCOCC3)c2)c1. The molecule has 3 rings (SSSR count). The van der Waals surface area contributed by atoms with Crippen LogP contribution in [0.25, 0.3) is 6.08 Å². The van der Waals surface area contributed by atoms with Crippen LogP contribution in [0.15, 0.2) is 53.4 Å². The van der Waals surface area contributed by atoms with E-state index in [9.17, 15) is 13.2 Å². The van der Waals surface area contributed by atoms with Gasteiger partial charge in [-0.1, -0.05) is 35.9 Å². The first-order valence-corrected chi connectivity index (χ1v) is 10.5. The Kier molecular flexibility index (Phi) is 6.28. The quantitative estimate of drug-likeness (QED) is 0.783. The number of hydrogen-bond acceptors (Lipinski definition) is 4. The number of rotatable bonds is 5. The summed E-state index contributed by atoms with van der Waals surface area (Å²) in [4.78, 5) is 12.4. The Balaban J connectivity index is 1.76. The van der Waals surface area contributed by atoms with Crippen molar-refractivity contribution in [2.45, 2.75) is 18.7 Å². The molecule has 6 nitrogen and oxygen atoms in total. The first-order valence-electron chi connectivity index (χ1n) is 9.10. The predicted octanol–water partition coefficient (Wildman–Crippen LogP) is 2.98. The van der Waals surface area contributed by atoms with Crippen LogP contribution in [0.1, 0.15) is 16.7 Å². The molecule has 1 amide bonds. The molecule has 0 atom stereocenters. The second-order valence-electron chi connectivity index (χ2n) is 6.73. The summed E-state index contributed by atoms with van der Waals surface area (Å²) in [5.41, 5.74) is 3.12. The summed E-state index contributed by atoms with van der Waals surface area (Å²) in [7, 11) is -3.63. The molecule has 0 aromatic heterocycles. The number of amides is 1. The van der Waals surface area contributed by atoms with Crippen molar-refractivity contribution in [3.8, 4) is 0 Å². The summed E-state index contributed by atoms with van der Waals surface area (Å²) in [6.45, 7) is 5.17. The van der Waals surface area contributed by atoms with Crippen LogP contribution in [0, 0.1) is 13.8 Å². The van der Waals surface area contributed by atoms with Gasteiger partial charge in [0.1, 0.15) is 0 Å². The highest BCUT2D eigenvalue weighted by Gasteiger charge is 2.28. The molecule has 1 aliphatic rings. The summed E-state index contributed by atoms with van der Waals surface area (Å²) in [5, 5.41) is 2.74. The summed E-state index contributed by atoms with van der Waals surface area (Å²) >= 11 is 0. The maximum atomic E-state index is 12.9.